The Hall–Kier alpha value is -0.630. The molecule has 5 nitrogen and oxygen atoms in total. The fraction of sp³-hybridized carbons (Fsp3) is 0.462. The largest absolute Gasteiger partial charge is 0.337 e. The normalized spacial score (nSPS) is 23.4. The summed E-state index contributed by atoms with van der Waals surface area (Å²) in [6.45, 7) is 1.18. The van der Waals surface area contributed by atoms with E-state index in [9.17, 15) is 13.2 Å². The molecule has 0 saturated carbocycles. The molecule has 0 spiro atoms. The summed E-state index contributed by atoms with van der Waals surface area (Å²) in [7, 11) is -3.55. The van der Waals surface area contributed by atoms with Crippen molar-refractivity contribution in [1.29, 1.82) is 0 Å². The van der Waals surface area contributed by atoms with E-state index in [4.69, 9.17) is 11.6 Å². The van der Waals surface area contributed by atoms with Crippen LogP contribution >= 0.6 is 27.5 Å². The summed E-state index contributed by atoms with van der Waals surface area (Å²) in [5.41, 5.74) is 0. The van der Waals surface area contributed by atoms with Crippen LogP contribution in [-0.2, 0) is 14.8 Å². The summed E-state index contributed by atoms with van der Waals surface area (Å²) in [6.07, 6.45) is 1.25. The van der Waals surface area contributed by atoms with Gasteiger partial charge in [-0.2, -0.15) is 4.31 Å². The van der Waals surface area contributed by atoms with Gasteiger partial charge in [-0.3, -0.25) is 4.79 Å². The molecular weight excluding hydrogens is 380 g/mol. The molecule has 0 bridgehead atoms. The van der Waals surface area contributed by atoms with Crippen molar-refractivity contribution >= 4 is 43.5 Å². The Labute approximate surface area is 137 Å². The number of piperazine rings is 1. The number of hydrogen-bond acceptors (Lipinski definition) is 3. The summed E-state index contributed by atoms with van der Waals surface area (Å²) in [4.78, 5) is 13.7. The molecule has 1 aromatic carbocycles. The van der Waals surface area contributed by atoms with Gasteiger partial charge >= 0.3 is 0 Å². The Bertz CT molecular complexity index is 695. The van der Waals surface area contributed by atoms with E-state index in [-0.39, 0.29) is 16.8 Å². The molecule has 2 aliphatic heterocycles. The third-order valence-electron chi connectivity index (χ3n) is 3.99. The number of fused-ring (bicyclic) bond motifs is 1. The van der Waals surface area contributed by atoms with Crippen LogP contribution in [0.3, 0.4) is 0 Å². The van der Waals surface area contributed by atoms with Crippen LogP contribution in [0, 0.1) is 0 Å². The first-order valence-corrected chi connectivity index (χ1v) is 9.25. The molecule has 0 aromatic heterocycles. The lowest BCUT2D eigenvalue weighted by Crippen LogP contribution is -2.53. The van der Waals surface area contributed by atoms with Crippen LogP contribution in [0.15, 0.2) is 27.6 Å². The monoisotopic (exact) mass is 392 g/mol. The second kappa shape index (κ2) is 5.53. The zero-order valence-corrected chi connectivity index (χ0v) is 14.3. The van der Waals surface area contributed by atoms with Crippen molar-refractivity contribution in [3.05, 3.63) is 27.7 Å². The van der Waals surface area contributed by atoms with E-state index in [2.05, 4.69) is 15.9 Å². The van der Waals surface area contributed by atoms with Crippen molar-refractivity contribution in [3.8, 4) is 0 Å². The Morgan fingerprint density at radius 3 is 2.76 bits per heavy atom. The molecule has 0 N–H and O–H groups in total. The molecule has 1 amide bonds. The smallest absolute Gasteiger partial charge is 0.243 e. The maximum atomic E-state index is 12.7. The van der Waals surface area contributed by atoms with Crippen LogP contribution in [0.2, 0.25) is 5.02 Å². The minimum absolute atomic E-state index is 0.0109. The van der Waals surface area contributed by atoms with Crippen LogP contribution in [0.4, 0.5) is 0 Å². The first kappa shape index (κ1) is 15.3. The molecule has 1 aromatic rings. The number of hydrogen-bond donors (Lipinski definition) is 0. The van der Waals surface area contributed by atoms with E-state index in [0.717, 1.165) is 6.42 Å². The van der Waals surface area contributed by atoms with Crippen LogP contribution in [0.1, 0.15) is 12.8 Å². The first-order valence-electron chi connectivity index (χ1n) is 6.64. The number of nitrogens with zero attached hydrogens (tertiary/aromatic N) is 2. The van der Waals surface area contributed by atoms with Crippen molar-refractivity contribution < 1.29 is 13.2 Å². The molecule has 2 fully saturated rings. The van der Waals surface area contributed by atoms with Gasteiger partial charge in [-0.05, 0) is 40.5 Å². The van der Waals surface area contributed by atoms with Crippen molar-refractivity contribution in [1.82, 2.24) is 9.21 Å². The van der Waals surface area contributed by atoms with E-state index < -0.39 is 10.0 Å². The molecule has 2 aliphatic rings. The predicted octanol–water partition coefficient (Wildman–Crippen LogP) is 2.10. The molecule has 8 heteroatoms. The van der Waals surface area contributed by atoms with Gasteiger partial charge in [-0.1, -0.05) is 11.6 Å². The number of halogens is 2. The van der Waals surface area contributed by atoms with Gasteiger partial charge in [-0.15, -0.1) is 0 Å². The van der Waals surface area contributed by atoms with Gasteiger partial charge in [0.2, 0.25) is 15.9 Å². The number of carbonyl (C=O) groups is 1. The van der Waals surface area contributed by atoms with Crippen LogP contribution < -0.4 is 0 Å². The van der Waals surface area contributed by atoms with Gasteiger partial charge in [0.25, 0.3) is 0 Å². The summed E-state index contributed by atoms with van der Waals surface area (Å²) in [6, 6.07) is 4.60. The van der Waals surface area contributed by atoms with Crippen molar-refractivity contribution in [2.75, 3.05) is 19.6 Å². The third kappa shape index (κ3) is 2.72. The number of amides is 1. The molecule has 3 rings (SSSR count). The summed E-state index contributed by atoms with van der Waals surface area (Å²) in [5.74, 6) is 0.131. The highest BCUT2D eigenvalue weighted by Gasteiger charge is 2.39. The highest BCUT2D eigenvalue weighted by atomic mass is 79.9. The fourth-order valence-corrected chi connectivity index (χ4v) is 4.98. The maximum Gasteiger partial charge on any atom is 0.243 e. The molecule has 114 valence electrons. The maximum absolute atomic E-state index is 12.7. The second-order valence-electron chi connectivity index (χ2n) is 5.22. The molecule has 0 aliphatic carbocycles. The van der Waals surface area contributed by atoms with E-state index in [1.807, 2.05) is 0 Å². The fourth-order valence-electron chi connectivity index (χ4n) is 2.84. The average molecular weight is 394 g/mol. The van der Waals surface area contributed by atoms with Crippen molar-refractivity contribution in [2.45, 2.75) is 23.8 Å². The summed E-state index contributed by atoms with van der Waals surface area (Å²) < 4.78 is 27.4. The molecule has 2 saturated heterocycles. The Morgan fingerprint density at radius 1 is 1.29 bits per heavy atom. The van der Waals surface area contributed by atoms with E-state index >= 15 is 0 Å². The Kier molecular flexibility index (Phi) is 4.02. The second-order valence-corrected chi connectivity index (χ2v) is 8.42. The molecule has 1 unspecified atom stereocenters. The predicted molar refractivity (Wildman–Crippen MR) is 82.6 cm³/mol. The highest BCUT2D eigenvalue weighted by molar-refractivity contribution is 9.10. The van der Waals surface area contributed by atoms with E-state index in [1.165, 1.54) is 16.4 Å². The summed E-state index contributed by atoms with van der Waals surface area (Å²) >= 11 is 9.15. The van der Waals surface area contributed by atoms with Gasteiger partial charge in [0.05, 0.1) is 9.92 Å². The van der Waals surface area contributed by atoms with Gasteiger partial charge in [0.1, 0.15) is 0 Å². The van der Waals surface area contributed by atoms with Crippen LogP contribution in [0.5, 0.6) is 0 Å². The van der Waals surface area contributed by atoms with E-state index in [1.54, 1.807) is 11.0 Å². The zero-order chi connectivity index (χ0) is 15.2. The molecule has 2 heterocycles. The topological polar surface area (TPSA) is 57.7 Å². The van der Waals surface area contributed by atoms with E-state index in [0.29, 0.717) is 35.6 Å². The minimum Gasteiger partial charge on any atom is -0.337 e. The lowest BCUT2D eigenvalue weighted by Gasteiger charge is -2.36. The quantitative estimate of drug-likeness (QED) is 0.773. The minimum atomic E-state index is -3.55. The highest BCUT2D eigenvalue weighted by Crippen LogP contribution is 2.29. The molecule has 1 atom stereocenters. The molecular formula is C13H14BrClN2O3S. The average Bonchev–Trinajstić information content (AvgIpc) is 2.83. The number of sulfonamides is 1. The third-order valence-corrected chi connectivity index (χ3v) is 7.06. The SMILES string of the molecule is O=C1CCC2CN(S(=O)(=O)c3ccc(Cl)c(Br)c3)CCN12. The number of rotatable bonds is 2. The standard InChI is InChI=1S/C13H14BrClN2O3S/c14-11-7-10(2-3-12(11)15)21(19,20)16-5-6-17-9(8-16)1-4-13(17)18/h2-3,7,9H,1,4-6,8H2. The molecule has 0 radical (unpaired) electrons. The summed E-state index contributed by atoms with van der Waals surface area (Å²) in [5, 5.41) is 0.472. The zero-order valence-electron chi connectivity index (χ0n) is 11.1. The van der Waals surface area contributed by atoms with Crippen molar-refractivity contribution in [2.24, 2.45) is 0 Å². The van der Waals surface area contributed by atoms with Crippen LogP contribution in [0.25, 0.3) is 0 Å². The lowest BCUT2D eigenvalue weighted by atomic mass is 10.2. The van der Waals surface area contributed by atoms with Crippen LogP contribution in [-0.4, -0.2) is 49.2 Å². The van der Waals surface area contributed by atoms with Gasteiger partial charge < -0.3 is 4.90 Å². The Balaban J connectivity index is 1.85. The lowest BCUT2D eigenvalue weighted by molar-refractivity contribution is -0.130. The first-order chi connectivity index (χ1) is 9.89. The molecule has 21 heavy (non-hydrogen) atoms. The van der Waals surface area contributed by atoms with Gasteiger partial charge in [0, 0.05) is 36.6 Å². The van der Waals surface area contributed by atoms with Gasteiger partial charge in [-0.25, -0.2) is 8.42 Å². The number of benzene rings is 1. The van der Waals surface area contributed by atoms with Crippen molar-refractivity contribution in [3.63, 3.8) is 0 Å². The van der Waals surface area contributed by atoms with Gasteiger partial charge in [0.15, 0.2) is 0 Å². The Morgan fingerprint density at radius 2 is 2.05 bits per heavy atom. The number of carbonyl (C=O) groups excluding carboxylic acids is 1.